The van der Waals surface area contributed by atoms with Crippen molar-refractivity contribution in [2.45, 2.75) is 26.8 Å². The number of anilines is 1. The average Bonchev–Trinajstić information content (AvgIpc) is 2.86. The number of benzene rings is 2. The number of carbonyl (C=O) groups is 2. The van der Waals surface area contributed by atoms with E-state index in [0.29, 0.717) is 24.4 Å². The number of hydrogen-bond acceptors (Lipinski definition) is 6. The van der Waals surface area contributed by atoms with E-state index in [0.717, 1.165) is 37.5 Å². The molecule has 186 valence electrons. The van der Waals surface area contributed by atoms with Crippen molar-refractivity contribution in [3.8, 4) is 5.75 Å². The summed E-state index contributed by atoms with van der Waals surface area (Å²) in [6.45, 7) is 10.6. The van der Waals surface area contributed by atoms with Crippen LogP contribution in [0, 0.1) is 13.8 Å². The Morgan fingerprint density at radius 2 is 1.77 bits per heavy atom. The summed E-state index contributed by atoms with van der Waals surface area (Å²) in [4.78, 5) is 30.1. The first-order chi connectivity index (χ1) is 16.9. The number of esters is 1. The second-order valence-electron chi connectivity index (χ2n) is 8.97. The number of urea groups is 1. The summed E-state index contributed by atoms with van der Waals surface area (Å²) in [6.07, 6.45) is 0. The van der Waals surface area contributed by atoms with Crippen molar-refractivity contribution in [1.29, 1.82) is 0 Å². The third-order valence-corrected chi connectivity index (χ3v) is 6.54. The molecule has 1 unspecified atom stereocenters. The van der Waals surface area contributed by atoms with Crippen LogP contribution < -0.4 is 20.3 Å². The van der Waals surface area contributed by atoms with Gasteiger partial charge in [-0.2, -0.15) is 0 Å². The lowest BCUT2D eigenvalue weighted by atomic mass is 9.95. The average molecular weight is 479 g/mol. The van der Waals surface area contributed by atoms with Gasteiger partial charge in [0.2, 0.25) is 0 Å². The van der Waals surface area contributed by atoms with Gasteiger partial charge in [-0.1, -0.05) is 24.3 Å². The highest BCUT2D eigenvalue weighted by atomic mass is 16.5. The number of carbonyl (C=O) groups excluding carboxylic acids is 2. The zero-order chi connectivity index (χ0) is 24.9. The molecule has 1 atom stereocenters. The number of aryl methyl sites for hydroxylation is 2. The molecule has 2 aliphatic heterocycles. The highest BCUT2D eigenvalue weighted by molar-refractivity contribution is 5.95. The van der Waals surface area contributed by atoms with Gasteiger partial charge in [-0.15, -0.1) is 0 Å². The Morgan fingerprint density at radius 3 is 2.43 bits per heavy atom. The van der Waals surface area contributed by atoms with Crippen LogP contribution in [0.4, 0.5) is 10.5 Å². The highest BCUT2D eigenvalue weighted by Gasteiger charge is 2.34. The van der Waals surface area contributed by atoms with Gasteiger partial charge in [0.05, 0.1) is 25.3 Å². The third kappa shape index (κ3) is 5.59. The lowest BCUT2D eigenvalue weighted by Crippen LogP contribution is -2.51. The smallest absolute Gasteiger partial charge is 0.338 e. The Hall–Kier alpha value is -3.52. The lowest BCUT2D eigenvalue weighted by Gasteiger charge is -2.38. The van der Waals surface area contributed by atoms with Gasteiger partial charge >= 0.3 is 12.0 Å². The molecule has 0 spiro atoms. The van der Waals surface area contributed by atoms with E-state index in [9.17, 15) is 9.59 Å². The maximum Gasteiger partial charge on any atom is 0.338 e. The molecule has 8 heteroatoms. The van der Waals surface area contributed by atoms with Crippen LogP contribution in [-0.2, 0) is 9.53 Å². The topological polar surface area (TPSA) is 83.1 Å². The Bertz CT molecular complexity index is 1100. The van der Waals surface area contributed by atoms with E-state index in [1.165, 1.54) is 23.9 Å². The highest BCUT2D eigenvalue weighted by Crippen LogP contribution is 2.30. The number of nitrogens with zero attached hydrogens (tertiary/aromatic N) is 2. The van der Waals surface area contributed by atoms with Crippen molar-refractivity contribution in [2.24, 2.45) is 0 Å². The Morgan fingerprint density at radius 1 is 1.06 bits per heavy atom. The Balaban J connectivity index is 1.54. The molecule has 8 nitrogen and oxygen atoms in total. The minimum Gasteiger partial charge on any atom is -0.494 e. The van der Waals surface area contributed by atoms with Gasteiger partial charge in [-0.05, 0) is 55.7 Å². The second-order valence-corrected chi connectivity index (χ2v) is 8.97. The van der Waals surface area contributed by atoms with Crippen molar-refractivity contribution in [3.05, 3.63) is 70.4 Å². The van der Waals surface area contributed by atoms with E-state index in [-0.39, 0.29) is 6.03 Å². The quantitative estimate of drug-likeness (QED) is 0.594. The van der Waals surface area contributed by atoms with Gasteiger partial charge in [0.15, 0.2) is 0 Å². The Kier molecular flexibility index (Phi) is 7.60. The summed E-state index contributed by atoms with van der Waals surface area (Å²) < 4.78 is 10.6. The number of amides is 2. The number of rotatable bonds is 7. The number of methoxy groups -OCH3 is 1. The molecule has 4 rings (SSSR count). The number of piperazine rings is 1. The maximum atomic E-state index is 12.9. The van der Waals surface area contributed by atoms with Gasteiger partial charge in [0.1, 0.15) is 5.75 Å². The van der Waals surface area contributed by atoms with Crippen LogP contribution in [-0.4, -0.2) is 63.3 Å². The van der Waals surface area contributed by atoms with Gasteiger partial charge in [-0.25, -0.2) is 9.59 Å². The van der Waals surface area contributed by atoms with Gasteiger partial charge in [0, 0.05) is 44.1 Å². The molecular weight excluding hydrogens is 444 g/mol. The van der Waals surface area contributed by atoms with Crippen LogP contribution >= 0.6 is 0 Å². The lowest BCUT2D eigenvalue weighted by molar-refractivity contribution is -0.136. The number of nitrogens with one attached hydrogen (secondary N) is 2. The van der Waals surface area contributed by atoms with Crippen LogP contribution in [0.5, 0.6) is 5.75 Å². The number of hydrogen-bond donors (Lipinski definition) is 2. The molecule has 2 N–H and O–H groups in total. The third-order valence-electron chi connectivity index (χ3n) is 6.54. The summed E-state index contributed by atoms with van der Waals surface area (Å²) in [6, 6.07) is 13.0. The molecule has 0 aliphatic carbocycles. The standard InChI is InChI=1S/C27H34N4O4/c1-5-35-21-10-8-20(9-11-21)25-24(26(32)34-4)22(28-27(33)29-25)17-30-12-14-31(15-13-30)23-16-18(2)6-7-19(23)3/h6-11,16,25H,5,12-15,17H2,1-4H3,(H2,28,29,33). The fourth-order valence-electron chi connectivity index (χ4n) is 4.70. The van der Waals surface area contributed by atoms with Crippen LogP contribution in [0.25, 0.3) is 0 Å². The van der Waals surface area contributed by atoms with Crippen molar-refractivity contribution in [3.63, 3.8) is 0 Å². The largest absolute Gasteiger partial charge is 0.494 e. The SMILES string of the molecule is CCOc1ccc(C2NC(=O)NC(CN3CCN(c4cc(C)ccc4C)CC3)=C2C(=O)OC)cc1. The van der Waals surface area contributed by atoms with Gasteiger partial charge in [0.25, 0.3) is 0 Å². The van der Waals surface area contributed by atoms with E-state index in [1.54, 1.807) is 0 Å². The van der Waals surface area contributed by atoms with Crippen molar-refractivity contribution in [1.82, 2.24) is 15.5 Å². The van der Waals surface area contributed by atoms with Crippen LogP contribution in [0.2, 0.25) is 0 Å². The van der Waals surface area contributed by atoms with Gasteiger partial charge < -0.3 is 25.0 Å². The molecule has 1 saturated heterocycles. The van der Waals surface area contributed by atoms with E-state index in [1.807, 2.05) is 31.2 Å². The molecule has 1 fully saturated rings. The molecule has 2 amide bonds. The Labute approximate surface area is 206 Å². The zero-order valence-electron chi connectivity index (χ0n) is 20.9. The van der Waals surface area contributed by atoms with Crippen LogP contribution in [0.15, 0.2) is 53.7 Å². The predicted molar refractivity (Wildman–Crippen MR) is 136 cm³/mol. The second kappa shape index (κ2) is 10.8. The maximum absolute atomic E-state index is 12.9. The number of ether oxygens (including phenoxy) is 2. The summed E-state index contributed by atoms with van der Waals surface area (Å²) in [5.41, 5.74) is 5.58. The monoisotopic (exact) mass is 478 g/mol. The minimum absolute atomic E-state index is 0.333. The molecule has 2 aromatic rings. The van der Waals surface area contributed by atoms with E-state index < -0.39 is 12.0 Å². The van der Waals surface area contributed by atoms with Crippen LogP contribution in [0.3, 0.4) is 0 Å². The molecule has 2 aliphatic rings. The van der Waals surface area contributed by atoms with Crippen LogP contribution in [0.1, 0.15) is 29.7 Å². The summed E-state index contributed by atoms with van der Waals surface area (Å²) >= 11 is 0. The molecule has 0 saturated carbocycles. The normalized spacial score (nSPS) is 18.7. The van der Waals surface area contributed by atoms with Crippen molar-refractivity contribution in [2.75, 3.05) is 51.3 Å². The zero-order valence-corrected chi connectivity index (χ0v) is 20.9. The first kappa shape index (κ1) is 24.6. The van der Waals surface area contributed by atoms with E-state index >= 15 is 0 Å². The fourth-order valence-corrected chi connectivity index (χ4v) is 4.70. The van der Waals surface area contributed by atoms with Crippen molar-refractivity contribution >= 4 is 17.7 Å². The predicted octanol–water partition coefficient (Wildman–Crippen LogP) is 3.31. The van der Waals surface area contributed by atoms with Crippen molar-refractivity contribution < 1.29 is 19.1 Å². The summed E-state index contributed by atoms with van der Waals surface area (Å²) in [7, 11) is 1.36. The molecule has 0 bridgehead atoms. The first-order valence-corrected chi connectivity index (χ1v) is 12.1. The molecule has 2 heterocycles. The summed E-state index contributed by atoms with van der Waals surface area (Å²) in [5.74, 6) is 0.280. The molecule has 2 aromatic carbocycles. The van der Waals surface area contributed by atoms with Gasteiger partial charge in [-0.3, -0.25) is 4.90 Å². The summed E-state index contributed by atoms with van der Waals surface area (Å²) in [5, 5.41) is 5.75. The molecule has 0 radical (unpaired) electrons. The van der Waals surface area contributed by atoms with E-state index in [2.05, 4.69) is 52.5 Å². The first-order valence-electron chi connectivity index (χ1n) is 12.1. The fraction of sp³-hybridized carbons (Fsp3) is 0.407. The minimum atomic E-state index is -0.599. The molecular formula is C27H34N4O4. The van der Waals surface area contributed by atoms with E-state index in [4.69, 9.17) is 9.47 Å². The molecule has 35 heavy (non-hydrogen) atoms. The molecule has 0 aromatic heterocycles.